The highest BCUT2D eigenvalue weighted by Gasteiger charge is 2.30. The number of benzene rings is 1. The van der Waals surface area contributed by atoms with Crippen LogP contribution in [0.5, 0.6) is 0 Å². The molecular weight excluding hydrogens is 453 g/mol. The molecule has 3 aromatic rings. The lowest BCUT2D eigenvalue weighted by Crippen LogP contribution is -2.48. The lowest BCUT2D eigenvalue weighted by atomic mass is 10.3. The van der Waals surface area contributed by atoms with E-state index in [1.54, 1.807) is 30.6 Å². The van der Waals surface area contributed by atoms with Gasteiger partial charge in [-0.1, -0.05) is 29.3 Å². The van der Waals surface area contributed by atoms with Crippen molar-refractivity contribution in [3.8, 4) is 10.8 Å². The Hall–Kier alpha value is -1.62. The smallest absolute Gasteiger partial charge is 0.244 e. The van der Waals surface area contributed by atoms with E-state index >= 15 is 0 Å². The molecular formula is C18H17Cl2N5O2S2. The van der Waals surface area contributed by atoms with Crippen molar-refractivity contribution in [2.24, 2.45) is 0 Å². The maximum absolute atomic E-state index is 12.9. The molecule has 0 spiro atoms. The fourth-order valence-corrected chi connectivity index (χ4v) is 5.99. The molecule has 0 N–H and O–H groups in total. The highest BCUT2D eigenvalue weighted by Crippen LogP contribution is 2.31. The first-order valence-electron chi connectivity index (χ1n) is 8.83. The maximum Gasteiger partial charge on any atom is 0.244 e. The van der Waals surface area contributed by atoms with Crippen molar-refractivity contribution in [1.29, 1.82) is 0 Å². The molecule has 1 aliphatic rings. The highest BCUT2D eigenvalue weighted by molar-refractivity contribution is 7.89. The molecule has 4 rings (SSSR count). The molecule has 1 fully saturated rings. The minimum absolute atomic E-state index is 0.0483. The molecule has 3 heterocycles. The number of thiazole rings is 1. The average Bonchev–Trinajstić information content (AvgIpc) is 3.19. The molecule has 0 saturated carbocycles. The second-order valence-electron chi connectivity index (χ2n) is 6.45. The van der Waals surface area contributed by atoms with E-state index in [9.17, 15) is 8.42 Å². The van der Waals surface area contributed by atoms with Crippen LogP contribution in [0.15, 0.2) is 46.9 Å². The molecule has 11 heteroatoms. The van der Waals surface area contributed by atoms with Crippen LogP contribution in [0.4, 0.5) is 0 Å². The Kier molecular flexibility index (Phi) is 6.14. The zero-order valence-electron chi connectivity index (χ0n) is 15.2. The van der Waals surface area contributed by atoms with Gasteiger partial charge in [0, 0.05) is 50.5 Å². The van der Waals surface area contributed by atoms with Crippen LogP contribution in [0, 0.1) is 0 Å². The lowest BCUT2D eigenvalue weighted by molar-refractivity contribution is 0.180. The molecule has 0 bridgehead atoms. The largest absolute Gasteiger partial charge is 0.295 e. The van der Waals surface area contributed by atoms with Crippen molar-refractivity contribution in [1.82, 2.24) is 24.2 Å². The molecule has 1 aliphatic heterocycles. The Bertz CT molecular complexity index is 1100. The number of hydrogen-bond acceptors (Lipinski definition) is 7. The molecule has 7 nitrogen and oxygen atoms in total. The topological polar surface area (TPSA) is 79.3 Å². The van der Waals surface area contributed by atoms with Gasteiger partial charge in [-0.3, -0.25) is 4.90 Å². The highest BCUT2D eigenvalue weighted by atomic mass is 35.5. The summed E-state index contributed by atoms with van der Waals surface area (Å²) in [5.74, 6) is 0.609. The van der Waals surface area contributed by atoms with Crippen LogP contribution in [0.2, 0.25) is 10.0 Å². The first-order chi connectivity index (χ1) is 13.9. The summed E-state index contributed by atoms with van der Waals surface area (Å²) in [5.41, 5.74) is 0.923. The number of sulfonamides is 1. The van der Waals surface area contributed by atoms with E-state index < -0.39 is 10.0 Å². The van der Waals surface area contributed by atoms with Crippen LogP contribution in [0.3, 0.4) is 0 Å². The summed E-state index contributed by atoms with van der Waals surface area (Å²) in [7, 11) is -3.68. The Balaban J connectivity index is 1.40. The molecule has 2 aromatic heterocycles. The van der Waals surface area contributed by atoms with Crippen LogP contribution in [-0.4, -0.2) is 58.8 Å². The van der Waals surface area contributed by atoms with Gasteiger partial charge in [0.15, 0.2) is 10.8 Å². The van der Waals surface area contributed by atoms with Gasteiger partial charge in [-0.05, 0) is 18.2 Å². The molecule has 0 unspecified atom stereocenters. The first-order valence-corrected chi connectivity index (χ1v) is 11.9. The summed E-state index contributed by atoms with van der Waals surface area (Å²) in [6, 6.07) is 6.41. The van der Waals surface area contributed by atoms with Gasteiger partial charge < -0.3 is 0 Å². The van der Waals surface area contributed by atoms with Crippen molar-refractivity contribution in [2.75, 3.05) is 26.2 Å². The lowest BCUT2D eigenvalue weighted by Gasteiger charge is -2.33. The van der Waals surface area contributed by atoms with E-state index in [0.29, 0.717) is 38.5 Å². The maximum atomic E-state index is 12.9. The van der Waals surface area contributed by atoms with Crippen molar-refractivity contribution in [3.63, 3.8) is 0 Å². The van der Waals surface area contributed by atoms with Gasteiger partial charge in [-0.2, -0.15) is 4.31 Å². The molecule has 1 aromatic carbocycles. The molecule has 0 atom stereocenters. The van der Waals surface area contributed by atoms with Crippen LogP contribution < -0.4 is 0 Å². The second-order valence-corrected chi connectivity index (χ2v) is 10.00. The summed E-state index contributed by atoms with van der Waals surface area (Å²) in [5, 5.41) is 3.06. The van der Waals surface area contributed by atoms with E-state index in [1.165, 1.54) is 21.7 Å². The SMILES string of the molecule is O=S(=O)(c1cccc(Cl)c1Cl)N1CCN(Cc2csc(-c3ncccn3)n2)CC1. The number of nitrogens with zero attached hydrogens (tertiary/aromatic N) is 5. The fourth-order valence-electron chi connectivity index (χ4n) is 3.07. The van der Waals surface area contributed by atoms with E-state index in [1.807, 2.05) is 5.38 Å². The molecule has 152 valence electrons. The molecule has 29 heavy (non-hydrogen) atoms. The minimum Gasteiger partial charge on any atom is -0.295 e. The predicted octanol–water partition coefficient (Wildman–Crippen LogP) is 3.41. The van der Waals surface area contributed by atoms with Crippen LogP contribution in [0.1, 0.15) is 5.69 Å². The number of aromatic nitrogens is 3. The average molecular weight is 470 g/mol. The van der Waals surface area contributed by atoms with Gasteiger partial charge in [-0.15, -0.1) is 11.3 Å². The zero-order valence-corrected chi connectivity index (χ0v) is 18.3. The van der Waals surface area contributed by atoms with Crippen molar-refractivity contribution in [3.05, 3.63) is 57.8 Å². The standard InChI is InChI=1S/C18H17Cl2N5O2S2/c19-14-3-1-4-15(16(14)20)29(26,27)25-9-7-24(8-10-25)11-13-12-28-18(23-13)17-21-5-2-6-22-17/h1-6,12H,7-11H2. The first kappa shape index (κ1) is 20.6. The Morgan fingerprint density at radius 3 is 2.48 bits per heavy atom. The number of halogens is 2. The predicted molar refractivity (Wildman–Crippen MR) is 114 cm³/mol. The van der Waals surface area contributed by atoms with Crippen LogP contribution in [-0.2, 0) is 16.6 Å². The number of piperazine rings is 1. The summed E-state index contributed by atoms with van der Waals surface area (Å²) < 4.78 is 27.3. The summed E-state index contributed by atoms with van der Waals surface area (Å²) in [6.07, 6.45) is 3.38. The van der Waals surface area contributed by atoms with Gasteiger partial charge in [0.25, 0.3) is 0 Å². The van der Waals surface area contributed by atoms with Crippen molar-refractivity contribution >= 4 is 44.6 Å². The summed E-state index contributed by atoms with van der Waals surface area (Å²) >= 11 is 13.6. The Morgan fingerprint density at radius 1 is 1.03 bits per heavy atom. The normalized spacial score (nSPS) is 16.2. The van der Waals surface area contributed by atoms with Crippen LogP contribution >= 0.6 is 34.5 Å². The monoisotopic (exact) mass is 469 g/mol. The van der Waals surface area contributed by atoms with E-state index in [4.69, 9.17) is 23.2 Å². The van der Waals surface area contributed by atoms with Gasteiger partial charge in [0.1, 0.15) is 4.90 Å². The van der Waals surface area contributed by atoms with Gasteiger partial charge in [0.05, 0.1) is 15.7 Å². The molecule has 0 radical (unpaired) electrons. The quantitative estimate of drug-likeness (QED) is 0.569. The minimum atomic E-state index is -3.68. The van der Waals surface area contributed by atoms with E-state index in [-0.39, 0.29) is 14.9 Å². The van der Waals surface area contributed by atoms with E-state index in [0.717, 1.165) is 10.7 Å². The van der Waals surface area contributed by atoms with Gasteiger partial charge >= 0.3 is 0 Å². The van der Waals surface area contributed by atoms with E-state index in [2.05, 4.69) is 19.9 Å². The third-order valence-corrected chi connectivity index (χ3v) is 8.32. The Labute approximate surface area is 183 Å². The molecule has 0 amide bonds. The fraction of sp³-hybridized carbons (Fsp3) is 0.278. The van der Waals surface area contributed by atoms with Gasteiger partial charge in [0.2, 0.25) is 10.0 Å². The molecule has 1 saturated heterocycles. The van der Waals surface area contributed by atoms with Crippen molar-refractivity contribution in [2.45, 2.75) is 11.4 Å². The summed E-state index contributed by atoms with van der Waals surface area (Å²) in [6.45, 7) is 2.61. The second kappa shape index (κ2) is 8.63. The molecule has 0 aliphatic carbocycles. The Morgan fingerprint density at radius 2 is 1.76 bits per heavy atom. The number of rotatable bonds is 5. The zero-order chi connectivity index (χ0) is 20.4. The summed E-state index contributed by atoms with van der Waals surface area (Å²) in [4.78, 5) is 15.3. The van der Waals surface area contributed by atoms with Crippen LogP contribution in [0.25, 0.3) is 10.8 Å². The van der Waals surface area contributed by atoms with Gasteiger partial charge in [-0.25, -0.2) is 23.4 Å². The third-order valence-electron chi connectivity index (χ3n) is 4.56. The number of hydrogen-bond donors (Lipinski definition) is 0. The third kappa shape index (κ3) is 4.45. The van der Waals surface area contributed by atoms with Crippen molar-refractivity contribution < 1.29 is 8.42 Å².